The molecule has 0 aromatic carbocycles. The predicted molar refractivity (Wildman–Crippen MR) is 134 cm³/mol. The summed E-state index contributed by atoms with van der Waals surface area (Å²) in [6.07, 6.45) is 14.7. The first kappa shape index (κ1) is 32.9. The summed E-state index contributed by atoms with van der Waals surface area (Å²) in [5.74, 6) is -1.55. The second kappa shape index (κ2) is 22.4. The molecule has 0 aliphatic rings. The van der Waals surface area contributed by atoms with Crippen molar-refractivity contribution in [2.75, 3.05) is 13.2 Å². The number of unbranched alkanes of at least 4 members (excludes halogenated alkanes) is 10. The second-order valence-corrected chi connectivity index (χ2v) is 9.16. The summed E-state index contributed by atoms with van der Waals surface area (Å²) in [7, 11) is 0. The molecule has 0 saturated heterocycles. The number of rotatable bonds is 22. The van der Waals surface area contributed by atoms with Gasteiger partial charge in [-0.2, -0.15) is 0 Å². The average molecular weight is 501 g/mol. The van der Waals surface area contributed by atoms with Gasteiger partial charge in [0.05, 0.1) is 0 Å². The maximum absolute atomic E-state index is 11.9. The van der Waals surface area contributed by atoms with Crippen LogP contribution in [0.1, 0.15) is 124 Å². The zero-order chi connectivity index (χ0) is 26.3. The van der Waals surface area contributed by atoms with E-state index >= 15 is 0 Å². The molecule has 0 heterocycles. The summed E-state index contributed by atoms with van der Waals surface area (Å²) >= 11 is 0. The molecule has 0 aliphatic carbocycles. The van der Waals surface area contributed by atoms with Gasteiger partial charge in [-0.25, -0.2) is 0 Å². The molecule has 204 valence electrons. The van der Waals surface area contributed by atoms with E-state index in [4.69, 9.17) is 18.9 Å². The number of hydrogen-bond donors (Lipinski definition) is 0. The Hall–Kier alpha value is -2.12. The lowest BCUT2D eigenvalue weighted by Gasteiger charge is -2.17. The fourth-order valence-electron chi connectivity index (χ4n) is 3.82. The largest absolute Gasteiger partial charge is 0.463 e. The molecule has 35 heavy (non-hydrogen) atoms. The number of hydrogen-bond acceptors (Lipinski definition) is 8. The van der Waals surface area contributed by atoms with Crippen LogP contribution in [0.3, 0.4) is 0 Å². The van der Waals surface area contributed by atoms with Crippen LogP contribution in [0.15, 0.2) is 0 Å². The fraction of sp³-hybridized carbons (Fsp3) is 0.852. The maximum atomic E-state index is 11.9. The smallest absolute Gasteiger partial charge is 0.305 e. The van der Waals surface area contributed by atoms with Gasteiger partial charge in [0.15, 0.2) is 6.10 Å². The first-order valence-electron chi connectivity index (χ1n) is 13.4. The number of ether oxygens (including phenoxy) is 4. The van der Waals surface area contributed by atoms with Crippen LogP contribution in [-0.4, -0.2) is 49.3 Å². The van der Waals surface area contributed by atoms with Crippen LogP contribution in [0.25, 0.3) is 0 Å². The highest BCUT2D eigenvalue weighted by atomic mass is 16.6. The van der Waals surface area contributed by atoms with Gasteiger partial charge in [-0.05, 0) is 32.1 Å². The molecule has 8 heteroatoms. The minimum atomic E-state index is -0.790. The minimum Gasteiger partial charge on any atom is -0.463 e. The SMILES string of the molecule is CCCCCCC[C@@H](CCCCCCCCCC(=O)OC[C@H](COC(C)=O)OC(C)=O)OC(C)=O. The zero-order valence-electron chi connectivity index (χ0n) is 22.4. The van der Waals surface area contributed by atoms with Crippen LogP contribution < -0.4 is 0 Å². The minimum absolute atomic E-state index is 0.0506. The molecule has 0 fully saturated rings. The van der Waals surface area contributed by atoms with E-state index in [0.717, 1.165) is 64.2 Å². The van der Waals surface area contributed by atoms with Crippen LogP contribution in [0.2, 0.25) is 0 Å². The van der Waals surface area contributed by atoms with Crippen molar-refractivity contribution in [2.45, 2.75) is 136 Å². The van der Waals surface area contributed by atoms with E-state index in [1.165, 1.54) is 46.5 Å². The second-order valence-electron chi connectivity index (χ2n) is 9.16. The predicted octanol–water partition coefficient (Wildman–Crippen LogP) is 5.83. The molecule has 0 aromatic heterocycles. The molecule has 0 N–H and O–H groups in total. The molecule has 0 unspecified atom stereocenters. The lowest BCUT2D eigenvalue weighted by Crippen LogP contribution is -2.29. The van der Waals surface area contributed by atoms with Crippen molar-refractivity contribution in [3.63, 3.8) is 0 Å². The van der Waals surface area contributed by atoms with Gasteiger partial charge in [-0.15, -0.1) is 0 Å². The molecular formula is C27H48O8. The van der Waals surface area contributed by atoms with Crippen LogP contribution in [-0.2, 0) is 38.1 Å². The molecule has 2 atom stereocenters. The van der Waals surface area contributed by atoms with E-state index in [1.54, 1.807) is 0 Å². The van der Waals surface area contributed by atoms with Gasteiger partial charge in [-0.1, -0.05) is 64.7 Å². The number of esters is 4. The third-order valence-corrected chi connectivity index (χ3v) is 5.60. The van der Waals surface area contributed by atoms with E-state index in [1.807, 2.05) is 0 Å². The first-order valence-corrected chi connectivity index (χ1v) is 13.4. The lowest BCUT2D eigenvalue weighted by molar-refractivity contribution is -0.164. The van der Waals surface area contributed by atoms with Crippen molar-refractivity contribution >= 4 is 23.9 Å². The summed E-state index contributed by atoms with van der Waals surface area (Å²) in [5.41, 5.74) is 0. The van der Waals surface area contributed by atoms with Gasteiger partial charge in [0, 0.05) is 27.2 Å². The van der Waals surface area contributed by atoms with Gasteiger partial charge in [0.25, 0.3) is 0 Å². The molecule has 0 spiro atoms. The Morgan fingerprint density at radius 3 is 1.51 bits per heavy atom. The zero-order valence-corrected chi connectivity index (χ0v) is 22.4. The molecule has 0 radical (unpaired) electrons. The van der Waals surface area contributed by atoms with Crippen LogP contribution in [0.5, 0.6) is 0 Å². The monoisotopic (exact) mass is 500 g/mol. The Bertz CT molecular complexity index is 590. The third-order valence-electron chi connectivity index (χ3n) is 5.60. The quantitative estimate of drug-likeness (QED) is 0.104. The van der Waals surface area contributed by atoms with Crippen molar-refractivity contribution in [1.82, 2.24) is 0 Å². The van der Waals surface area contributed by atoms with E-state index in [0.29, 0.717) is 6.42 Å². The van der Waals surface area contributed by atoms with E-state index in [-0.39, 0.29) is 31.3 Å². The van der Waals surface area contributed by atoms with Crippen molar-refractivity contribution < 1.29 is 38.1 Å². The summed E-state index contributed by atoms with van der Waals surface area (Å²) in [5, 5.41) is 0. The topological polar surface area (TPSA) is 105 Å². The Morgan fingerprint density at radius 1 is 0.543 bits per heavy atom. The molecule has 0 rings (SSSR count). The Morgan fingerprint density at radius 2 is 1.00 bits per heavy atom. The van der Waals surface area contributed by atoms with E-state index in [9.17, 15) is 19.2 Å². The van der Waals surface area contributed by atoms with Crippen molar-refractivity contribution in [1.29, 1.82) is 0 Å². The normalized spacial score (nSPS) is 12.5. The van der Waals surface area contributed by atoms with E-state index in [2.05, 4.69) is 6.92 Å². The molecule has 0 saturated carbocycles. The summed E-state index contributed by atoms with van der Waals surface area (Å²) < 4.78 is 20.4. The van der Waals surface area contributed by atoms with Crippen LogP contribution >= 0.6 is 0 Å². The highest BCUT2D eigenvalue weighted by molar-refractivity contribution is 5.69. The van der Waals surface area contributed by atoms with Crippen molar-refractivity contribution in [3.05, 3.63) is 0 Å². The van der Waals surface area contributed by atoms with Crippen LogP contribution in [0, 0.1) is 0 Å². The lowest BCUT2D eigenvalue weighted by atomic mass is 10.0. The third kappa shape index (κ3) is 23.4. The molecule has 0 aromatic rings. The molecule has 8 nitrogen and oxygen atoms in total. The highest BCUT2D eigenvalue weighted by Gasteiger charge is 2.17. The summed E-state index contributed by atoms with van der Waals surface area (Å²) in [6, 6.07) is 0. The fourth-order valence-corrected chi connectivity index (χ4v) is 3.82. The molecule has 0 aliphatic heterocycles. The van der Waals surface area contributed by atoms with Gasteiger partial charge in [-0.3, -0.25) is 19.2 Å². The molecule has 0 amide bonds. The molecule has 0 bridgehead atoms. The highest BCUT2D eigenvalue weighted by Crippen LogP contribution is 2.17. The summed E-state index contributed by atoms with van der Waals surface area (Å²) in [6.45, 7) is 5.93. The number of carbonyl (C=O) groups is 4. The maximum Gasteiger partial charge on any atom is 0.305 e. The van der Waals surface area contributed by atoms with Crippen LogP contribution in [0.4, 0.5) is 0 Å². The Labute approximate surface area is 211 Å². The van der Waals surface area contributed by atoms with Crippen molar-refractivity contribution in [2.24, 2.45) is 0 Å². The number of carbonyl (C=O) groups excluding carboxylic acids is 4. The van der Waals surface area contributed by atoms with Gasteiger partial charge < -0.3 is 18.9 Å². The average Bonchev–Trinajstić information content (AvgIpc) is 2.78. The Kier molecular flexibility index (Phi) is 21.0. The first-order chi connectivity index (χ1) is 16.7. The van der Waals surface area contributed by atoms with Gasteiger partial charge >= 0.3 is 23.9 Å². The van der Waals surface area contributed by atoms with E-state index < -0.39 is 18.0 Å². The van der Waals surface area contributed by atoms with Crippen molar-refractivity contribution in [3.8, 4) is 0 Å². The van der Waals surface area contributed by atoms with Gasteiger partial charge in [0.2, 0.25) is 0 Å². The van der Waals surface area contributed by atoms with Gasteiger partial charge in [0.1, 0.15) is 19.3 Å². The molecular weight excluding hydrogens is 452 g/mol. The standard InChI is InChI=1S/C27H48O8/c1-5-6-7-11-14-17-25(34-23(3)29)18-15-12-9-8-10-13-16-19-27(31)33-21-26(35-24(4)30)20-32-22(2)28/h25-26H,5-21H2,1-4H3/t25-,26-/m0/s1. The Balaban J connectivity index is 3.83. The summed E-state index contributed by atoms with van der Waals surface area (Å²) in [4.78, 5) is 45.3.